The monoisotopic (exact) mass is 198 g/mol. The maximum atomic E-state index is 11.2. The van der Waals surface area contributed by atoms with Crippen LogP contribution in [-0.4, -0.2) is 33.9 Å². The lowest BCUT2D eigenvalue weighted by molar-refractivity contribution is -0.137. The molecule has 1 aromatic rings. The third-order valence-electron chi connectivity index (χ3n) is 1.58. The van der Waals surface area contributed by atoms with Crippen molar-refractivity contribution in [2.24, 2.45) is 0 Å². The van der Waals surface area contributed by atoms with E-state index in [1.165, 1.54) is 13.2 Å². The molecule has 0 fully saturated rings. The van der Waals surface area contributed by atoms with Gasteiger partial charge in [-0.15, -0.1) is 0 Å². The lowest BCUT2D eigenvalue weighted by atomic mass is 10.4. The van der Waals surface area contributed by atoms with E-state index in [-0.39, 0.29) is 12.2 Å². The summed E-state index contributed by atoms with van der Waals surface area (Å²) in [6.45, 7) is 1.32. The Morgan fingerprint density at radius 3 is 2.79 bits per heavy atom. The van der Waals surface area contributed by atoms with Crippen molar-refractivity contribution in [3.8, 4) is 0 Å². The van der Waals surface area contributed by atoms with Gasteiger partial charge in [-0.1, -0.05) is 0 Å². The van der Waals surface area contributed by atoms with Gasteiger partial charge in [0.25, 0.3) is 0 Å². The van der Waals surface area contributed by atoms with Crippen LogP contribution < -0.4 is 0 Å². The molecule has 0 atom stereocenters. The zero-order valence-electron chi connectivity index (χ0n) is 7.85. The van der Waals surface area contributed by atoms with Crippen LogP contribution >= 0.6 is 0 Å². The van der Waals surface area contributed by atoms with E-state index in [1.54, 1.807) is 6.92 Å². The quantitative estimate of drug-likeness (QED) is 0.694. The van der Waals surface area contributed by atoms with Gasteiger partial charge in [0.05, 0.1) is 12.8 Å². The first-order valence-corrected chi connectivity index (χ1v) is 3.89. The highest BCUT2D eigenvalue weighted by Gasteiger charge is 2.15. The number of rotatable bonds is 3. The van der Waals surface area contributed by atoms with Crippen LogP contribution in [0, 0.1) is 6.92 Å². The van der Waals surface area contributed by atoms with Crippen molar-refractivity contribution in [3.63, 3.8) is 0 Å². The number of hydrogen-bond donors (Lipinski definition) is 1. The fourth-order valence-corrected chi connectivity index (χ4v) is 1.06. The number of nitrogens with zero attached hydrogens (tertiary/aromatic N) is 2. The number of carboxylic acid groups (broad SMARTS) is 1. The Balaban J connectivity index is 3.02. The molecule has 0 bridgehead atoms. The molecule has 0 saturated heterocycles. The topological polar surface area (TPSA) is 81.4 Å². The fraction of sp³-hybridized carbons (Fsp3) is 0.375. The lowest BCUT2D eigenvalue weighted by Gasteiger charge is -2.01. The fourth-order valence-electron chi connectivity index (χ4n) is 1.06. The smallest absolute Gasteiger partial charge is 0.356 e. The van der Waals surface area contributed by atoms with E-state index in [2.05, 4.69) is 9.84 Å². The second-order valence-corrected chi connectivity index (χ2v) is 2.71. The normalized spacial score (nSPS) is 9.86. The molecular formula is C8H10N2O4. The van der Waals surface area contributed by atoms with Crippen molar-refractivity contribution >= 4 is 11.9 Å². The number of methoxy groups -OCH3 is 1. The van der Waals surface area contributed by atoms with Crippen molar-refractivity contribution in [3.05, 3.63) is 17.5 Å². The zero-order chi connectivity index (χ0) is 10.7. The van der Waals surface area contributed by atoms with E-state index in [1.807, 2.05) is 0 Å². The van der Waals surface area contributed by atoms with Gasteiger partial charge >= 0.3 is 11.9 Å². The summed E-state index contributed by atoms with van der Waals surface area (Å²) in [6.07, 6.45) is 0. The summed E-state index contributed by atoms with van der Waals surface area (Å²) < 4.78 is 5.58. The third kappa shape index (κ3) is 2.09. The number of aromatic nitrogens is 2. The molecule has 0 spiro atoms. The van der Waals surface area contributed by atoms with E-state index in [4.69, 9.17) is 5.11 Å². The highest BCUT2D eigenvalue weighted by Crippen LogP contribution is 2.05. The van der Waals surface area contributed by atoms with Gasteiger partial charge in [0.2, 0.25) is 0 Å². The van der Waals surface area contributed by atoms with Gasteiger partial charge in [-0.05, 0) is 13.0 Å². The molecule has 0 aliphatic rings. The molecule has 0 aliphatic heterocycles. The van der Waals surface area contributed by atoms with Gasteiger partial charge in [-0.3, -0.25) is 4.79 Å². The summed E-state index contributed by atoms with van der Waals surface area (Å²) >= 11 is 0. The number of esters is 1. The molecule has 14 heavy (non-hydrogen) atoms. The second-order valence-electron chi connectivity index (χ2n) is 2.71. The molecule has 6 nitrogen and oxygen atoms in total. The molecule has 0 unspecified atom stereocenters. The maximum Gasteiger partial charge on any atom is 0.356 e. The van der Waals surface area contributed by atoms with Crippen LogP contribution in [0.25, 0.3) is 0 Å². The molecule has 76 valence electrons. The van der Waals surface area contributed by atoms with Crippen LogP contribution in [-0.2, 0) is 16.1 Å². The van der Waals surface area contributed by atoms with E-state index in [9.17, 15) is 9.59 Å². The van der Waals surface area contributed by atoms with Crippen molar-refractivity contribution in [1.82, 2.24) is 9.78 Å². The standard InChI is InChI=1S/C8H10N2O4/c1-5-3-6(8(13)14-2)10(9-5)4-7(11)12/h3H,4H2,1-2H3,(H,11,12). The summed E-state index contributed by atoms with van der Waals surface area (Å²) in [6, 6.07) is 1.48. The molecule has 6 heteroatoms. The highest BCUT2D eigenvalue weighted by atomic mass is 16.5. The first-order chi connectivity index (χ1) is 6.54. The summed E-state index contributed by atoms with van der Waals surface area (Å²) in [7, 11) is 1.23. The van der Waals surface area contributed by atoms with Crippen LogP contribution in [0.15, 0.2) is 6.07 Å². The third-order valence-corrected chi connectivity index (χ3v) is 1.58. The predicted molar refractivity (Wildman–Crippen MR) is 45.9 cm³/mol. The molecule has 0 aliphatic carbocycles. The van der Waals surface area contributed by atoms with Gasteiger partial charge in [-0.2, -0.15) is 5.10 Å². The molecule has 1 aromatic heterocycles. The number of aryl methyl sites for hydroxylation is 1. The largest absolute Gasteiger partial charge is 0.480 e. The number of carbonyl (C=O) groups excluding carboxylic acids is 1. The number of carboxylic acids is 1. The predicted octanol–water partition coefficient (Wildman–Crippen LogP) is 0.0627. The van der Waals surface area contributed by atoms with Crippen molar-refractivity contribution in [2.45, 2.75) is 13.5 Å². The van der Waals surface area contributed by atoms with Gasteiger partial charge < -0.3 is 9.84 Å². The van der Waals surface area contributed by atoms with Crippen LogP contribution in [0.5, 0.6) is 0 Å². The van der Waals surface area contributed by atoms with Crippen molar-refractivity contribution < 1.29 is 19.4 Å². The van der Waals surface area contributed by atoms with E-state index in [0.29, 0.717) is 5.69 Å². The van der Waals surface area contributed by atoms with Gasteiger partial charge in [-0.25, -0.2) is 9.48 Å². The summed E-state index contributed by atoms with van der Waals surface area (Å²) in [4.78, 5) is 21.6. The average molecular weight is 198 g/mol. The molecule has 1 rings (SSSR count). The van der Waals surface area contributed by atoms with E-state index < -0.39 is 11.9 Å². The molecule has 0 radical (unpaired) electrons. The van der Waals surface area contributed by atoms with Gasteiger partial charge in [0.1, 0.15) is 12.2 Å². The van der Waals surface area contributed by atoms with Gasteiger partial charge in [0.15, 0.2) is 0 Å². The van der Waals surface area contributed by atoms with Gasteiger partial charge in [0, 0.05) is 0 Å². The van der Waals surface area contributed by atoms with E-state index >= 15 is 0 Å². The average Bonchev–Trinajstić information content (AvgIpc) is 2.44. The minimum atomic E-state index is -1.06. The van der Waals surface area contributed by atoms with Crippen LogP contribution in [0.1, 0.15) is 16.2 Å². The molecule has 1 heterocycles. The Morgan fingerprint density at radius 1 is 1.64 bits per heavy atom. The van der Waals surface area contributed by atoms with E-state index in [0.717, 1.165) is 4.68 Å². The number of aliphatic carboxylic acids is 1. The summed E-state index contributed by atoms with van der Waals surface area (Å²) in [5, 5.41) is 12.4. The lowest BCUT2D eigenvalue weighted by Crippen LogP contribution is -2.16. The first-order valence-electron chi connectivity index (χ1n) is 3.89. The Bertz CT molecular complexity index is 369. The summed E-state index contributed by atoms with van der Waals surface area (Å²) in [5.41, 5.74) is 0.721. The van der Waals surface area contributed by atoms with Crippen molar-refractivity contribution in [1.29, 1.82) is 0 Å². The Hall–Kier alpha value is -1.85. The highest BCUT2D eigenvalue weighted by molar-refractivity contribution is 5.88. The zero-order valence-corrected chi connectivity index (χ0v) is 7.85. The molecular weight excluding hydrogens is 188 g/mol. The molecule has 0 saturated carbocycles. The van der Waals surface area contributed by atoms with Crippen LogP contribution in [0.2, 0.25) is 0 Å². The summed E-state index contributed by atoms with van der Waals surface area (Å²) in [5.74, 6) is -1.65. The SMILES string of the molecule is COC(=O)c1cc(C)nn1CC(=O)O. The second kappa shape index (κ2) is 3.91. The number of ether oxygens (including phenoxy) is 1. The first kappa shape index (κ1) is 10.2. The van der Waals surface area contributed by atoms with Crippen LogP contribution in [0.3, 0.4) is 0 Å². The molecule has 0 aromatic carbocycles. The minimum absolute atomic E-state index is 0.146. The maximum absolute atomic E-state index is 11.2. The molecule has 1 N–H and O–H groups in total. The number of carbonyl (C=O) groups is 2. The Kier molecular flexibility index (Phi) is 2.85. The Morgan fingerprint density at radius 2 is 2.29 bits per heavy atom. The molecule has 0 amide bonds. The minimum Gasteiger partial charge on any atom is -0.480 e. The number of hydrogen-bond acceptors (Lipinski definition) is 4. The van der Waals surface area contributed by atoms with Crippen molar-refractivity contribution in [2.75, 3.05) is 7.11 Å². The Labute approximate surface area is 80.1 Å². The van der Waals surface area contributed by atoms with Crippen LogP contribution in [0.4, 0.5) is 0 Å².